The number of carbonyl (C=O) groups is 1. The van der Waals surface area contributed by atoms with Crippen LogP contribution in [0.4, 0.5) is 5.00 Å². The summed E-state index contributed by atoms with van der Waals surface area (Å²) >= 11 is 1.36. The molecule has 0 aliphatic heterocycles. The molecular weight excluding hydrogens is 184 g/mol. The Hall–Kier alpha value is -0.900. The Kier molecular flexibility index (Phi) is 3.42. The van der Waals surface area contributed by atoms with Crippen molar-refractivity contribution in [3.05, 3.63) is 11.3 Å². The van der Waals surface area contributed by atoms with Crippen LogP contribution in [0, 0.1) is 6.92 Å². The van der Waals surface area contributed by atoms with Gasteiger partial charge in [0.15, 0.2) is 5.78 Å². The molecule has 0 saturated carbocycles. The molecule has 1 heterocycles. The molecule has 0 fully saturated rings. The van der Waals surface area contributed by atoms with Crippen molar-refractivity contribution in [2.75, 3.05) is 11.9 Å². The highest BCUT2D eigenvalue weighted by molar-refractivity contribution is 7.10. The standard InChI is InChI=1S/C9H14N2OS/c1-4-5-10-9-8(7(3)12)6(2)11-13-9/h10H,4-5H2,1-3H3. The highest BCUT2D eigenvalue weighted by atomic mass is 32.1. The number of ketones is 1. The van der Waals surface area contributed by atoms with Gasteiger partial charge in [-0.05, 0) is 31.8 Å². The number of anilines is 1. The average molecular weight is 198 g/mol. The SMILES string of the molecule is CCCNc1snc(C)c1C(C)=O. The number of hydrogen-bond donors (Lipinski definition) is 1. The van der Waals surface area contributed by atoms with Crippen LogP contribution in [-0.4, -0.2) is 16.7 Å². The molecule has 1 aromatic rings. The minimum absolute atomic E-state index is 0.0878. The summed E-state index contributed by atoms with van der Waals surface area (Å²) in [5.41, 5.74) is 1.58. The van der Waals surface area contributed by atoms with Crippen LogP contribution in [0.1, 0.15) is 36.3 Å². The third-order valence-electron chi connectivity index (χ3n) is 1.75. The number of nitrogens with one attached hydrogen (secondary N) is 1. The van der Waals surface area contributed by atoms with Crippen molar-refractivity contribution in [1.82, 2.24) is 4.37 Å². The third kappa shape index (κ3) is 2.28. The van der Waals surface area contributed by atoms with E-state index in [1.54, 1.807) is 6.92 Å². The van der Waals surface area contributed by atoms with Crippen LogP contribution in [0.3, 0.4) is 0 Å². The van der Waals surface area contributed by atoms with E-state index < -0.39 is 0 Å². The van der Waals surface area contributed by atoms with Crippen LogP contribution in [0.2, 0.25) is 0 Å². The molecule has 0 bridgehead atoms. The predicted octanol–water partition coefficient (Wildman–Crippen LogP) is 2.48. The number of aryl methyl sites for hydroxylation is 1. The molecule has 72 valence electrons. The maximum atomic E-state index is 11.2. The number of hydrogen-bond acceptors (Lipinski definition) is 4. The van der Waals surface area contributed by atoms with Gasteiger partial charge in [-0.25, -0.2) is 0 Å². The molecule has 3 nitrogen and oxygen atoms in total. The topological polar surface area (TPSA) is 42.0 Å². The number of carbonyl (C=O) groups excluding carboxylic acids is 1. The van der Waals surface area contributed by atoms with Crippen molar-refractivity contribution >= 4 is 22.3 Å². The predicted molar refractivity (Wildman–Crippen MR) is 55.6 cm³/mol. The van der Waals surface area contributed by atoms with E-state index in [0.717, 1.165) is 29.2 Å². The van der Waals surface area contributed by atoms with Crippen LogP contribution in [-0.2, 0) is 0 Å². The summed E-state index contributed by atoms with van der Waals surface area (Å²) in [5.74, 6) is 0.0878. The van der Waals surface area contributed by atoms with Crippen molar-refractivity contribution < 1.29 is 4.79 Å². The van der Waals surface area contributed by atoms with Crippen LogP contribution >= 0.6 is 11.5 Å². The number of nitrogens with zero attached hydrogens (tertiary/aromatic N) is 1. The normalized spacial score (nSPS) is 10.1. The van der Waals surface area contributed by atoms with Gasteiger partial charge in [0.2, 0.25) is 0 Å². The monoisotopic (exact) mass is 198 g/mol. The van der Waals surface area contributed by atoms with Gasteiger partial charge in [0, 0.05) is 6.54 Å². The Morgan fingerprint density at radius 2 is 2.31 bits per heavy atom. The molecule has 0 unspecified atom stereocenters. The van der Waals surface area contributed by atoms with E-state index in [0.29, 0.717) is 0 Å². The summed E-state index contributed by atoms with van der Waals surface area (Å²) < 4.78 is 4.15. The van der Waals surface area contributed by atoms with Crippen LogP contribution in [0.25, 0.3) is 0 Å². The molecular formula is C9H14N2OS. The van der Waals surface area contributed by atoms with Gasteiger partial charge in [-0.1, -0.05) is 6.92 Å². The van der Waals surface area contributed by atoms with E-state index >= 15 is 0 Å². The van der Waals surface area contributed by atoms with Crippen LogP contribution < -0.4 is 5.32 Å². The molecule has 0 radical (unpaired) electrons. The molecule has 1 N–H and O–H groups in total. The smallest absolute Gasteiger partial charge is 0.164 e. The number of Topliss-reactive ketones (excluding diaryl/α,β-unsaturated/α-hetero) is 1. The summed E-state index contributed by atoms with van der Waals surface area (Å²) in [7, 11) is 0. The van der Waals surface area contributed by atoms with E-state index in [1.165, 1.54) is 11.5 Å². The Labute approximate surface area is 82.3 Å². The first kappa shape index (κ1) is 10.2. The molecule has 0 aromatic carbocycles. The van der Waals surface area contributed by atoms with Gasteiger partial charge in [0.25, 0.3) is 0 Å². The quantitative estimate of drug-likeness (QED) is 0.756. The van der Waals surface area contributed by atoms with Crippen molar-refractivity contribution in [2.45, 2.75) is 27.2 Å². The molecule has 1 rings (SSSR count). The number of rotatable bonds is 4. The van der Waals surface area contributed by atoms with Crippen molar-refractivity contribution in [2.24, 2.45) is 0 Å². The first-order valence-electron chi connectivity index (χ1n) is 4.38. The molecule has 0 amide bonds. The molecule has 0 aliphatic rings. The molecule has 1 aromatic heterocycles. The second-order valence-corrected chi connectivity index (χ2v) is 3.73. The van der Waals surface area contributed by atoms with Gasteiger partial charge >= 0.3 is 0 Å². The van der Waals surface area contributed by atoms with Gasteiger partial charge in [0.1, 0.15) is 5.00 Å². The summed E-state index contributed by atoms with van der Waals surface area (Å²) in [5, 5.41) is 4.11. The fourth-order valence-corrected chi connectivity index (χ4v) is 2.01. The lowest BCUT2D eigenvalue weighted by atomic mass is 10.2. The van der Waals surface area contributed by atoms with E-state index in [1.807, 2.05) is 6.92 Å². The summed E-state index contributed by atoms with van der Waals surface area (Å²) in [6, 6.07) is 0. The summed E-state index contributed by atoms with van der Waals surface area (Å²) in [6.07, 6.45) is 1.05. The second-order valence-electron chi connectivity index (χ2n) is 2.96. The van der Waals surface area contributed by atoms with Gasteiger partial charge in [-0.2, -0.15) is 4.37 Å². The van der Waals surface area contributed by atoms with E-state index in [2.05, 4.69) is 16.6 Å². The molecule has 0 saturated heterocycles. The van der Waals surface area contributed by atoms with Gasteiger partial charge in [-0.3, -0.25) is 4.79 Å². The highest BCUT2D eigenvalue weighted by Crippen LogP contribution is 2.24. The van der Waals surface area contributed by atoms with Crippen LogP contribution in [0.5, 0.6) is 0 Å². The highest BCUT2D eigenvalue weighted by Gasteiger charge is 2.13. The summed E-state index contributed by atoms with van der Waals surface area (Å²) in [6.45, 7) is 6.43. The fourth-order valence-electron chi connectivity index (χ4n) is 1.14. The average Bonchev–Trinajstić information content (AvgIpc) is 2.43. The molecule has 0 atom stereocenters. The summed E-state index contributed by atoms with van der Waals surface area (Å²) in [4.78, 5) is 11.2. The van der Waals surface area contributed by atoms with Crippen molar-refractivity contribution in [3.8, 4) is 0 Å². The second kappa shape index (κ2) is 4.37. The van der Waals surface area contributed by atoms with Gasteiger partial charge < -0.3 is 5.32 Å². The molecule has 13 heavy (non-hydrogen) atoms. The largest absolute Gasteiger partial charge is 0.375 e. The van der Waals surface area contributed by atoms with Gasteiger partial charge in [-0.15, -0.1) is 0 Å². The molecule has 4 heteroatoms. The third-order valence-corrected chi connectivity index (χ3v) is 2.65. The fraction of sp³-hybridized carbons (Fsp3) is 0.556. The van der Waals surface area contributed by atoms with E-state index in [4.69, 9.17) is 0 Å². The van der Waals surface area contributed by atoms with Crippen molar-refractivity contribution in [1.29, 1.82) is 0 Å². The lowest BCUT2D eigenvalue weighted by Gasteiger charge is -2.02. The maximum absolute atomic E-state index is 11.2. The zero-order valence-corrected chi connectivity index (χ0v) is 8.99. The van der Waals surface area contributed by atoms with Gasteiger partial charge in [0.05, 0.1) is 11.3 Å². The Balaban J connectivity index is 2.87. The minimum atomic E-state index is 0.0878. The Morgan fingerprint density at radius 1 is 1.62 bits per heavy atom. The zero-order chi connectivity index (χ0) is 9.84. The number of aromatic nitrogens is 1. The van der Waals surface area contributed by atoms with Crippen molar-refractivity contribution in [3.63, 3.8) is 0 Å². The van der Waals surface area contributed by atoms with E-state index in [-0.39, 0.29) is 5.78 Å². The van der Waals surface area contributed by atoms with Crippen LogP contribution in [0.15, 0.2) is 0 Å². The zero-order valence-electron chi connectivity index (χ0n) is 8.18. The lowest BCUT2D eigenvalue weighted by Crippen LogP contribution is -2.03. The lowest BCUT2D eigenvalue weighted by molar-refractivity contribution is 0.101. The first-order valence-corrected chi connectivity index (χ1v) is 5.15. The minimum Gasteiger partial charge on any atom is -0.375 e. The Bertz CT molecular complexity index is 307. The molecule has 0 spiro atoms. The first-order chi connectivity index (χ1) is 6.16. The van der Waals surface area contributed by atoms with E-state index in [9.17, 15) is 4.79 Å². The maximum Gasteiger partial charge on any atom is 0.164 e. The Morgan fingerprint density at radius 3 is 2.85 bits per heavy atom. The molecule has 0 aliphatic carbocycles.